The number of carbonyl (C=O) groups excluding carboxylic acids is 1. The van der Waals surface area contributed by atoms with E-state index in [-0.39, 0.29) is 39.8 Å². The maximum Gasteiger partial charge on any atom is 0.503 e. The van der Waals surface area contributed by atoms with E-state index in [1.807, 2.05) is 0 Å². The summed E-state index contributed by atoms with van der Waals surface area (Å²) in [6.45, 7) is 0.653. The van der Waals surface area contributed by atoms with Crippen LogP contribution in [0.3, 0.4) is 0 Å². The largest absolute Gasteiger partial charge is 0.503 e. The second-order valence-corrected chi connectivity index (χ2v) is 8.45. The Morgan fingerprint density at radius 3 is 1.51 bits per heavy atom. The molecule has 23 heteroatoms. The van der Waals surface area contributed by atoms with E-state index in [2.05, 4.69) is 15.6 Å². The Hall–Kier alpha value is -5.27. The number of aromatic nitrogens is 1. The molecule has 1 rings (SSSR count). The number of hydrogen-bond donors (Lipinski definition) is 12. The summed E-state index contributed by atoms with van der Waals surface area (Å²) in [5.41, 5.74) is 0.730. The molecule has 22 nitrogen and oxygen atoms in total. The molecule has 0 aliphatic carbocycles. The van der Waals surface area contributed by atoms with Crippen LogP contribution in [0, 0.1) is 0 Å². The van der Waals surface area contributed by atoms with Crippen LogP contribution in [0.1, 0.15) is 44.2 Å². The zero-order valence-electron chi connectivity index (χ0n) is 24.3. The first-order chi connectivity index (χ1) is 21.3. The van der Waals surface area contributed by atoms with Crippen LogP contribution in [0.4, 0.5) is 19.2 Å². The number of unbranched alkanes of at least 4 members (excludes halogenated alkanes) is 2. The van der Waals surface area contributed by atoms with Gasteiger partial charge in [-0.3, -0.25) is 19.5 Å². The Morgan fingerprint density at radius 1 is 0.660 bits per heavy atom. The smallest absolute Gasteiger partial charge is 0.481 e. The molecule has 0 aromatic carbocycles. The van der Waals surface area contributed by atoms with Crippen LogP contribution in [0.15, 0.2) is 24.4 Å². The molecule has 47 heavy (non-hydrogen) atoms. The van der Waals surface area contributed by atoms with Gasteiger partial charge in [0.15, 0.2) is 0 Å². The Balaban J connectivity index is -0.000000607. The van der Waals surface area contributed by atoms with Gasteiger partial charge in [-0.05, 0) is 37.9 Å². The summed E-state index contributed by atoms with van der Waals surface area (Å²) in [7, 11) is 0. The molecule has 1 aromatic rings. The van der Waals surface area contributed by atoms with Gasteiger partial charge in [-0.2, -0.15) is 0 Å². The molecule has 2 amide bonds. The third-order valence-corrected chi connectivity index (χ3v) is 4.79. The summed E-state index contributed by atoms with van der Waals surface area (Å²) in [5.74, 6) is -4.92. The van der Waals surface area contributed by atoms with E-state index in [9.17, 15) is 29.1 Å². The maximum atomic E-state index is 12.0. The van der Waals surface area contributed by atoms with Gasteiger partial charge in [-0.25, -0.2) is 28.8 Å². The van der Waals surface area contributed by atoms with Crippen molar-refractivity contribution < 1.29 is 110 Å². The molecule has 0 aliphatic heterocycles. The number of amides is 2. The number of carbonyl (C=O) groups is 8. The molecule has 0 bridgehead atoms. The van der Waals surface area contributed by atoms with Gasteiger partial charge in [0.25, 0.3) is 0 Å². The van der Waals surface area contributed by atoms with Gasteiger partial charge < -0.3 is 61.7 Å². The van der Waals surface area contributed by atoms with Gasteiger partial charge in [-0.15, -0.1) is 0 Å². The molecule has 0 fully saturated rings. The van der Waals surface area contributed by atoms with E-state index in [0.717, 1.165) is 5.69 Å². The van der Waals surface area contributed by atoms with E-state index in [4.69, 9.17) is 60.3 Å². The Morgan fingerprint density at radius 2 is 1.13 bits per heavy atom. The Kier molecular flexibility index (Phi) is 30.5. The van der Waals surface area contributed by atoms with Crippen LogP contribution < -0.4 is 10.6 Å². The molecule has 1 aromatic heterocycles. The average Bonchev–Trinajstić information content (AvgIpc) is 2.89. The van der Waals surface area contributed by atoms with Crippen molar-refractivity contribution in [2.75, 3.05) is 13.1 Å². The third-order valence-electron chi connectivity index (χ3n) is 4.79. The van der Waals surface area contributed by atoms with E-state index in [1.54, 1.807) is 29.3 Å². The quantitative estimate of drug-likeness (QED) is 0.0981. The normalized spacial score (nSPS) is 10.6. The summed E-state index contributed by atoms with van der Waals surface area (Å²) in [4.78, 5) is 87.9. The van der Waals surface area contributed by atoms with Crippen molar-refractivity contribution in [2.45, 2.75) is 57.2 Å². The monoisotopic (exact) mass is 855 g/mol. The number of rotatable bonds is 17. The van der Waals surface area contributed by atoms with Gasteiger partial charge in [0.05, 0.1) is 12.2 Å². The first-order valence-electron chi connectivity index (χ1n) is 12.6. The van der Waals surface area contributed by atoms with Gasteiger partial charge in [0, 0.05) is 39.6 Å². The van der Waals surface area contributed by atoms with Crippen LogP contribution in [0.25, 0.3) is 0 Å². The SMILES string of the molecule is O=C(O)CC[C@H](NC(=O)N[C@@H](CCCCCN(CC(=O)O)Cc1ccccn1)C(=O)O)C(=O)O.O=C(O)O.O=C(O)O.O=C(O)O.[Re]. The second kappa shape index (κ2) is 29.4. The molecule has 1 heterocycles. The summed E-state index contributed by atoms with van der Waals surface area (Å²) in [5, 5.41) is 82.3. The zero-order valence-corrected chi connectivity index (χ0v) is 27.1. The first-order valence-corrected chi connectivity index (χ1v) is 12.6. The summed E-state index contributed by atoms with van der Waals surface area (Å²) < 4.78 is 0. The summed E-state index contributed by atoms with van der Waals surface area (Å²) in [6, 6.07) is 1.60. The maximum absolute atomic E-state index is 12.0. The predicted octanol–water partition coefficient (Wildman–Crippen LogP) is 1.26. The van der Waals surface area contributed by atoms with Crippen molar-refractivity contribution in [1.82, 2.24) is 20.5 Å². The minimum atomic E-state index is -1.83. The van der Waals surface area contributed by atoms with Crippen LogP contribution >= 0.6 is 0 Å². The van der Waals surface area contributed by atoms with Crippen molar-refractivity contribution in [3.63, 3.8) is 0 Å². The number of urea groups is 1. The third kappa shape index (κ3) is 38.7. The number of nitrogens with zero attached hydrogens (tertiary/aromatic N) is 2. The zero-order chi connectivity index (χ0) is 36.2. The molecule has 0 saturated heterocycles. The molecule has 0 unspecified atom stereocenters. The molecule has 0 spiro atoms. The van der Waals surface area contributed by atoms with Crippen LogP contribution in [-0.2, 0) is 46.1 Å². The van der Waals surface area contributed by atoms with Crippen LogP contribution in [0.5, 0.6) is 0 Å². The van der Waals surface area contributed by atoms with E-state index >= 15 is 0 Å². The fraction of sp³-hybridized carbons (Fsp3) is 0.458. The van der Waals surface area contributed by atoms with E-state index in [0.29, 0.717) is 32.4 Å². The molecule has 0 saturated carbocycles. The first kappa shape index (κ1) is 48.6. The number of pyridine rings is 1. The van der Waals surface area contributed by atoms with E-state index < -0.39 is 66.9 Å². The van der Waals surface area contributed by atoms with Gasteiger partial charge >= 0.3 is 48.4 Å². The molecule has 12 N–H and O–H groups in total. The number of hydrogen-bond acceptors (Lipinski definition) is 10. The summed E-state index contributed by atoms with van der Waals surface area (Å²) in [6.07, 6.45) is -3.04. The molecular formula is C24H36N4O18Re. The van der Waals surface area contributed by atoms with Crippen LogP contribution in [0.2, 0.25) is 0 Å². The number of aliphatic carboxylic acids is 4. The van der Waals surface area contributed by atoms with Gasteiger partial charge in [0.1, 0.15) is 12.1 Å². The molecule has 267 valence electrons. The standard InChI is InChI=1S/C21H30N4O9.3CH2O3.Re/c26-17(27)9-8-16(20(32)33)24-21(34)23-15(19(30)31)7-2-1-5-11-25(13-18(28)29)12-14-6-3-4-10-22-14;3*2-1(3)4;/h3-4,6,10,15-16H,1-2,5,7-9,11-13H2,(H,26,27)(H,28,29)(H,30,31)(H,32,33)(H2,23,24,34);3*(H2,2,3,4);/t15-,16-;;;;/m0..../s1. The Bertz CT molecular complexity index is 1080. The molecule has 0 aliphatic rings. The average molecular weight is 855 g/mol. The van der Waals surface area contributed by atoms with Crippen molar-refractivity contribution in [2.24, 2.45) is 0 Å². The fourth-order valence-electron chi connectivity index (χ4n) is 3.13. The second-order valence-electron chi connectivity index (χ2n) is 8.45. The Labute approximate surface area is 278 Å². The minimum absolute atomic E-state index is 0. The van der Waals surface area contributed by atoms with Gasteiger partial charge in [0.2, 0.25) is 0 Å². The van der Waals surface area contributed by atoms with Crippen LogP contribution in [-0.4, -0.2) is 134 Å². The number of nitrogens with one attached hydrogen (secondary N) is 2. The van der Waals surface area contributed by atoms with Crippen molar-refractivity contribution in [3.8, 4) is 0 Å². The molecule has 1 radical (unpaired) electrons. The number of carboxylic acids is 4. The number of carboxylic acid groups (broad SMARTS) is 10. The van der Waals surface area contributed by atoms with E-state index in [1.165, 1.54) is 0 Å². The van der Waals surface area contributed by atoms with Gasteiger partial charge in [-0.1, -0.05) is 18.9 Å². The summed E-state index contributed by atoms with van der Waals surface area (Å²) >= 11 is 0. The van der Waals surface area contributed by atoms with Crippen molar-refractivity contribution >= 4 is 48.4 Å². The van der Waals surface area contributed by atoms with Crippen molar-refractivity contribution in [3.05, 3.63) is 30.1 Å². The molecule has 2 atom stereocenters. The molecular weight excluding hydrogens is 818 g/mol. The fourth-order valence-corrected chi connectivity index (χ4v) is 3.13. The predicted molar refractivity (Wildman–Crippen MR) is 149 cm³/mol. The van der Waals surface area contributed by atoms with Crippen molar-refractivity contribution in [1.29, 1.82) is 0 Å². The minimum Gasteiger partial charge on any atom is -0.481 e. The topological polar surface area (TPSA) is 379 Å².